The summed E-state index contributed by atoms with van der Waals surface area (Å²) in [5.74, 6) is -0.387. The van der Waals surface area contributed by atoms with Crippen LogP contribution in [-0.4, -0.2) is 24.7 Å². The molecular weight excluding hydrogens is 420 g/mol. The number of nitrogens with one attached hydrogen (secondary N) is 1. The van der Waals surface area contributed by atoms with Gasteiger partial charge in [-0.2, -0.15) is 4.31 Å². The smallest absolute Gasteiger partial charge is 0.244 e. The highest BCUT2D eigenvalue weighted by molar-refractivity contribution is 7.89. The highest BCUT2D eigenvalue weighted by Gasteiger charge is 2.39. The molecule has 1 amide bonds. The van der Waals surface area contributed by atoms with Gasteiger partial charge in [-0.1, -0.05) is 59.6 Å². The number of amides is 1. The van der Waals surface area contributed by atoms with Crippen molar-refractivity contribution in [1.29, 1.82) is 0 Å². The lowest BCUT2D eigenvalue weighted by molar-refractivity contribution is -0.120. The predicted molar refractivity (Wildman–Crippen MR) is 118 cm³/mol. The molecule has 0 radical (unpaired) electrons. The normalized spacial score (nSPS) is 16.7. The summed E-state index contributed by atoms with van der Waals surface area (Å²) in [5.41, 5.74) is 3.37. The predicted octanol–water partition coefficient (Wildman–Crippen LogP) is 4.40. The van der Waals surface area contributed by atoms with Gasteiger partial charge in [0.05, 0.1) is 4.90 Å². The van der Waals surface area contributed by atoms with Crippen LogP contribution in [0.25, 0.3) is 0 Å². The topological polar surface area (TPSA) is 66.5 Å². The number of carbonyl (C=O) groups excluding carboxylic acids is 1. The van der Waals surface area contributed by atoms with Crippen LogP contribution < -0.4 is 5.32 Å². The van der Waals surface area contributed by atoms with E-state index in [9.17, 15) is 13.2 Å². The van der Waals surface area contributed by atoms with Gasteiger partial charge in [0.25, 0.3) is 0 Å². The van der Waals surface area contributed by atoms with Gasteiger partial charge in [0.1, 0.15) is 6.04 Å². The Hall–Kier alpha value is -2.67. The van der Waals surface area contributed by atoms with E-state index in [-0.39, 0.29) is 17.3 Å². The molecule has 0 saturated carbocycles. The van der Waals surface area contributed by atoms with Gasteiger partial charge in [-0.3, -0.25) is 4.79 Å². The molecule has 5 nitrogen and oxygen atoms in total. The van der Waals surface area contributed by atoms with E-state index < -0.39 is 16.1 Å². The first-order valence-electron chi connectivity index (χ1n) is 9.56. The van der Waals surface area contributed by atoms with E-state index in [0.29, 0.717) is 17.1 Å². The molecule has 4 rings (SSSR count). The summed E-state index contributed by atoms with van der Waals surface area (Å²) in [6.07, 6.45) is 0.299. The van der Waals surface area contributed by atoms with Crippen LogP contribution in [0, 0.1) is 6.92 Å². The van der Waals surface area contributed by atoms with Crippen LogP contribution in [-0.2, 0) is 27.8 Å². The van der Waals surface area contributed by atoms with Crippen LogP contribution in [0.15, 0.2) is 77.7 Å². The molecule has 0 spiro atoms. The lowest BCUT2D eigenvalue weighted by Gasteiger charge is -2.35. The van der Waals surface area contributed by atoms with Crippen molar-refractivity contribution >= 4 is 33.2 Å². The standard InChI is InChI=1S/C23H21ClN2O3S/c1-16-9-11-21(12-10-16)30(28,29)26-15-18-6-3-2-5-17(18)13-22(26)23(27)25-20-8-4-7-19(24)14-20/h2-12,14,22H,13,15H2,1H3,(H,25,27). The van der Waals surface area contributed by atoms with Crippen molar-refractivity contribution in [3.63, 3.8) is 0 Å². The minimum atomic E-state index is -3.87. The van der Waals surface area contributed by atoms with Crippen LogP contribution in [0.3, 0.4) is 0 Å². The highest BCUT2D eigenvalue weighted by atomic mass is 35.5. The number of benzene rings is 3. The summed E-state index contributed by atoms with van der Waals surface area (Å²) in [6.45, 7) is 2.04. The Labute approximate surface area is 181 Å². The van der Waals surface area contributed by atoms with Gasteiger partial charge < -0.3 is 5.32 Å². The average Bonchev–Trinajstić information content (AvgIpc) is 2.73. The first-order valence-corrected chi connectivity index (χ1v) is 11.4. The zero-order valence-corrected chi connectivity index (χ0v) is 18.0. The molecule has 7 heteroatoms. The number of fused-ring (bicyclic) bond motifs is 1. The molecular formula is C23H21ClN2O3S. The summed E-state index contributed by atoms with van der Waals surface area (Å²) < 4.78 is 28.2. The zero-order valence-electron chi connectivity index (χ0n) is 16.4. The van der Waals surface area contributed by atoms with Crippen molar-refractivity contribution < 1.29 is 13.2 Å². The van der Waals surface area contributed by atoms with E-state index in [4.69, 9.17) is 11.6 Å². The van der Waals surface area contributed by atoms with E-state index >= 15 is 0 Å². The van der Waals surface area contributed by atoms with Gasteiger partial charge in [0.15, 0.2) is 0 Å². The molecule has 0 saturated heterocycles. The second-order valence-corrected chi connectivity index (χ2v) is 9.68. The Morgan fingerprint density at radius 1 is 1.00 bits per heavy atom. The number of nitrogens with zero attached hydrogens (tertiary/aromatic N) is 1. The molecule has 1 N–H and O–H groups in total. The molecule has 1 heterocycles. The monoisotopic (exact) mass is 440 g/mol. The van der Waals surface area contributed by atoms with Gasteiger partial charge in [-0.05, 0) is 54.8 Å². The van der Waals surface area contributed by atoms with E-state index in [0.717, 1.165) is 16.7 Å². The van der Waals surface area contributed by atoms with Gasteiger partial charge in [-0.15, -0.1) is 0 Å². The number of halogens is 1. The van der Waals surface area contributed by atoms with Crippen molar-refractivity contribution in [2.24, 2.45) is 0 Å². The number of anilines is 1. The number of aryl methyl sites for hydroxylation is 1. The summed E-state index contributed by atoms with van der Waals surface area (Å²) >= 11 is 6.02. The number of hydrogen-bond donors (Lipinski definition) is 1. The van der Waals surface area contributed by atoms with E-state index in [1.807, 2.05) is 31.2 Å². The lowest BCUT2D eigenvalue weighted by Crippen LogP contribution is -2.50. The molecule has 3 aromatic carbocycles. The molecule has 1 aliphatic heterocycles. The van der Waals surface area contributed by atoms with Gasteiger partial charge in [0, 0.05) is 17.3 Å². The lowest BCUT2D eigenvalue weighted by atomic mass is 9.95. The fourth-order valence-electron chi connectivity index (χ4n) is 3.61. The largest absolute Gasteiger partial charge is 0.325 e. The summed E-state index contributed by atoms with van der Waals surface area (Å²) in [6, 6.07) is 20.2. The number of carbonyl (C=O) groups is 1. The van der Waals surface area contributed by atoms with Crippen LogP contribution in [0.2, 0.25) is 5.02 Å². The van der Waals surface area contributed by atoms with E-state index in [1.54, 1.807) is 48.5 Å². The molecule has 1 aliphatic rings. The van der Waals surface area contributed by atoms with Gasteiger partial charge in [-0.25, -0.2) is 8.42 Å². The van der Waals surface area contributed by atoms with Crippen molar-refractivity contribution in [3.05, 3.63) is 94.5 Å². The molecule has 154 valence electrons. The van der Waals surface area contributed by atoms with Crippen LogP contribution >= 0.6 is 11.6 Å². The van der Waals surface area contributed by atoms with E-state index in [2.05, 4.69) is 5.32 Å². The van der Waals surface area contributed by atoms with Crippen LogP contribution in [0.1, 0.15) is 16.7 Å². The average molecular weight is 441 g/mol. The second kappa shape index (κ2) is 8.22. The number of hydrogen-bond acceptors (Lipinski definition) is 3. The Balaban J connectivity index is 1.71. The van der Waals surface area contributed by atoms with E-state index in [1.165, 1.54) is 4.31 Å². The van der Waals surface area contributed by atoms with Crippen molar-refractivity contribution in [2.75, 3.05) is 5.32 Å². The minimum Gasteiger partial charge on any atom is -0.325 e. The molecule has 0 bridgehead atoms. The third-order valence-electron chi connectivity index (χ3n) is 5.23. The highest BCUT2D eigenvalue weighted by Crippen LogP contribution is 2.30. The van der Waals surface area contributed by atoms with Crippen molar-refractivity contribution in [3.8, 4) is 0 Å². The minimum absolute atomic E-state index is 0.139. The fraction of sp³-hybridized carbons (Fsp3) is 0.174. The Morgan fingerprint density at radius 2 is 1.70 bits per heavy atom. The number of sulfonamides is 1. The molecule has 0 fully saturated rings. The third-order valence-corrected chi connectivity index (χ3v) is 7.33. The quantitative estimate of drug-likeness (QED) is 0.653. The maximum atomic E-state index is 13.5. The first-order chi connectivity index (χ1) is 14.3. The molecule has 3 aromatic rings. The molecule has 0 aromatic heterocycles. The summed E-state index contributed by atoms with van der Waals surface area (Å²) in [4.78, 5) is 13.3. The summed E-state index contributed by atoms with van der Waals surface area (Å²) in [5, 5.41) is 3.31. The third kappa shape index (κ3) is 4.12. The molecule has 0 aliphatic carbocycles. The van der Waals surface area contributed by atoms with Crippen molar-refractivity contribution in [1.82, 2.24) is 4.31 Å². The zero-order chi connectivity index (χ0) is 21.3. The molecule has 1 unspecified atom stereocenters. The Morgan fingerprint density at radius 3 is 2.40 bits per heavy atom. The maximum Gasteiger partial charge on any atom is 0.244 e. The van der Waals surface area contributed by atoms with Crippen molar-refractivity contribution in [2.45, 2.75) is 30.8 Å². The fourth-order valence-corrected chi connectivity index (χ4v) is 5.37. The molecule has 30 heavy (non-hydrogen) atoms. The Bertz CT molecular complexity index is 1190. The molecule has 1 atom stereocenters. The first kappa shape index (κ1) is 20.6. The van der Waals surface area contributed by atoms with Gasteiger partial charge in [0.2, 0.25) is 15.9 Å². The van der Waals surface area contributed by atoms with Crippen LogP contribution in [0.4, 0.5) is 5.69 Å². The number of rotatable bonds is 4. The SMILES string of the molecule is Cc1ccc(S(=O)(=O)N2Cc3ccccc3CC2C(=O)Nc2cccc(Cl)c2)cc1. The second-order valence-electron chi connectivity index (χ2n) is 7.35. The maximum absolute atomic E-state index is 13.5. The summed E-state index contributed by atoms with van der Waals surface area (Å²) in [7, 11) is -3.87. The van der Waals surface area contributed by atoms with Gasteiger partial charge >= 0.3 is 0 Å². The van der Waals surface area contributed by atoms with Crippen LogP contribution in [0.5, 0.6) is 0 Å². The Kier molecular flexibility index (Phi) is 5.64.